The maximum absolute atomic E-state index is 10.6. The highest BCUT2D eigenvalue weighted by molar-refractivity contribution is 7.85. The molecule has 0 saturated carbocycles. The zero-order valence-electron chi connectivity index (χ0n) is 7.71. The van der Waals surface area contributed by atoms with E-state index >= 15 is 0 Å². The summed E-state index contributed by atoms with van der Waals surface area (Å²) >= 11 is 1.43. The van der Waals surface area contributed by atoms with E-state index in [2.05, 4.69) is 4.18 Å². The van der Waals surface area contributed by atoms with Gasteiger partial charge in [0, 0.05) is 11.3 Å². The lowest BCUT2D eigenvalue weighted by atomic mass is 10.2. The number of aliphatic hydroxyl groups excluding tert-OH is 1. The summed E-state index contributed by atoms with van der Waals surface area (Å²) in [4.78, 5) is 0.821. The quantitative estimate of drug-likeness (QED) is 0.779. The second-order valence-electron chi connectivity index (χ2n) is 2.85. The lowest BCUT2D eigenvalue weighted by molar-refractivity contribution is 0.146. The fourth-order valence-electron chi connectivity index (χ4n) is 0.934. The Morgan fingerprint density at radius 2 is 2.36 bits per heavy atom. The topological polar surface area (TPSA) is 63.6 Å². The predicted molar refractivity (Wildman–Crippen MR) is 54.7 cm³/mol. The van der Waals surface area contributed by atoms with Gasteiger partial charge in [-0.1, -0.05) is 6.07 Å². The smallest absolute Gasteiger partial charge is 0.264 e. The lowest BCUT2D eigenvalue weighted by Crippen LogP contribution is -2.07. The van der Waals surface area contributed by atoms with Crippen LogP contribution >= 0.6 is 11.3 Å². The highest BCUT2D eigenvalue weighted by Crippen LogP contribution is 2.21. The SMILES string of the molecule is CS(=O)(=O)OCC[C@H](O)c1cccs1. The van der Waals surface area contributed by atoms with E-state index < -0.39 is 16.2 Å². The monoisotopic (exact) mass is 236 g/mol. The fraction of sp³-hybridized carbons (Fsp3) is 0.500. The molecule has 1 heterocycles. The van der Waals surface area contributed by atoms with Crippen LogP contribution in [0.2, 0.25) is 0 Å². The van der Waals surface area contributed by atoms with Crippen molar-refractivity contribution >= 4 is 21.5 Å². The number of hydrogen-bond acceptors (Lipinski definition) is 5. The molecule has 80 valence electrons. The van der Waals surface area contributed by atoms with Crippen molar-refractivity contribution in [2.45, 2.75) is 12.5 Å². The van der Waals surface area contributed by atoms with Crippen LogP contribution in [0.25, 0.3) is 0 Å². The van der Waals surface area contributed by atoms with Gasteiger partial charge in [-0.15, -0.1) is 11.3 Å². The summed E-state index contributed by atoms with van der Waals surface area (Å²) in [5.74, 6) is 0. The van der Waals surface area contributed by atoms with Crippen molar-refractivity contribution < 1.29 is 17.7 Å². The van der Waals surface area contributed by atoms with Crippen molar-refractivity contribution in [2.75, 3.05) is 12.9 Å². The number of thiophene rings is 1. The molecule has 0 amide bonds. The van der Waals surface area contributed by atoms with Crippen molar-refractivity contribution in [1.29, 1.82) is 0 Å². The molecule has 1 N–H and O–H groups in total. The standard InChI is InChI=1S/C8H12O4S2/c1-14(10,11)12-5-4-7(9)8-3-2-6-13-8/h2-3,6-7,9H,4-5H2,1H3/t7-/m0/s1. The normalized spacial score (nSPS) is 14.1. The van der Waals surface area contributed by atoms with Gasteiger partial charge in [-0.3, -0.25) is 4.18 Å². The molecule has 4 nitrogen and oxygen atoms in total. The average molecular weight is 236 g/mol. The predicted octanol–water partition coefficient (Wildman–Crippen LogP) is 1.15. The van der Waals surface area contributed by atoms with E-state index in [9.17, 15) is 13.5 Å². The Kier molecular flexibility index (Phi) is 4.06. The third-order valence-electron chi connectivity index (χ3n) is 1.56. The van der Waals surface area contributed by atoms with Crippen LogP contribution in [0.15, 0.2) is 17.5 Å². The van der Waals surface area contributed by atoms with Gasteiger partial charge in [0.1, 0.15) is 0 Å². The van der Waals surface area contributed by atoms with E-state index in [1.807, 2.05) is 11.4 Å². The Morgan fingerprint density at radius 3 is 2.86 bits per heavy atom. The van der Waals surface area contributed by atoms with Crippen LogP contribution < -0.4 is 0 Å². The van der Waals surface area contributed by atoms with Gasteiger partial charge in [0.2, 0.25) is 0 Å². The highest BCUT2D eigenvalue weighted by Gasteiger charge is 2.09. The molecular weight excluding hydrogens is 224 g/mol. The van der Waals surface area contributed by atoms with Gasteiger partial charge in [-0.2, -0.15) is 8.42 Å². The van der Waals surface area contributed by atoms with Crippen LogP contribution in [0.3, 0.4) is 0 Å². The van der Waals surface area contributed by atoms with Crippen molar-refractivity contribution in [3.8, 4) is 0 Å². The average Bonchev–Trinajstić information content (AvgIpc) is 2.53. The molecule has 0 radical (unpaired) electrons. The van der Waals surface area contributed by atoms with E-state index in [1.54, 1.807) is 6.07 Å². The second kappa shape index (κ2) is 4.88. The molecule has 0 spiro atoms. The first-order valence-corrected chi connectivity index (χ1v) is 6.74. The summed E-state index contributed by atoms with van der Waals surface area (Å²) in [7, 11) is -3.40. The number of hydrogen-bond donors (Lipinski definition) is 1. The lowest BCUT2D eigenvalue weighted by Gasteiger charge is -2.07. The Hall–Kier alpha value is -0.430. The minimum atomic E-state index is -3.40. The van der Waals surface area contributed by atoms with Crippen LogP contribution in [-0.4, -0.2) is 26.4 Å². The Labute approximate surface area is 87.3 Å². The summed E-state index contributed by atoms with van der Waals surface area (Å²) in [5, 5.41) is 11.4. The molecule has 0 fully saturated rings. The Balaban J connectivity index is 2.33. The summed E-state index contributed by atoms with van der Waals surface area (Å²) in [6, 6.07) is 3.64. The third kappa shape index (κ3) is 4.19. The molecule has 14 heavy (non-hydrogen) atoms. The second-order valence-corrected chi connectivity index (χ2v) is 5.47. The van der Waals surface area contributed by atoms with Gasteiger partial charge in [-0.25, -0.2) is 0 Å². The summed E-state index contributed by atoms with van der Waals surface area (Å²) < 4.78 is 25.7. The zero-order valence-corrected chi connectivity index (χ0v) is 9.35. The molecule has 0 unspecified atom stereocenters. The van der Waals surface area contributed by atoms with Crippen LogP contribution in [0, 0.1) is 0 Å². The molecule has 1 aromatic rings. The van der Waals surface area contributed by atoms with Crippen molar-refractivity contribution in [3.63, 3.8) is 0 Å². The molecule has 0 aromatic carbocycles. The molecule has 0 aliphatic rings. The van der Waals surface area contributed by atoms with Crippen LogP contribution in [0.4, 0.5) is 0 Å². The molecular formula is C8H12O4S2. The summed E-state index contributed by atoms with van der Waals surface area (Å²) in [5.41, 5.74) is 0. The largest absolute Gasteiger partial charge is 0.387 e. The van der Waals surface area contributed by atoms with Gasteiger partial charge in [0.15, 0.2) is 0 Å². The molecule has 0 saturated heterocycles. The maximum Gasteiger partial charge on any atom is 0.264 e. The fourth-order valence-corrected chi connectivity index (χ4v) is 2.08. The van der Waals surface area contributed by atoms with E-state index in [0.29, 0.717) is 0 Å². The summed E-state index contributed by atoms with van der Waals surface area (Å²) in [6.07, 6.45) is 0.634. The van der Waals surface area contributed by atoms with Gasteiger partial charge in [0.25, 0.3) is 10.1 Å². The van der Waals surface area contributed by atoms with Gasteiger partial charge < -0.3 is 5.11 Å². The van der Waals surface area contributed by atoms with Gasteiger partial charge in [-0.05, 0) is 11.4 Å². The molecule has 1 atom stereocenters. The Morgan fingerprint density at radius 1 is 1.64 bits per heavy atom. The number of aliphatic hydroxyl groups is 1. The summed E-state index contributed by atoms with van der Waals surface area (Å²) in [6.45, 7) is 0.0118. The van der Waals surface area contributed by atoms with Crippen molar-refractivity contribution in [1.82, 2.24) is 0 Å². The Bertz CT molecular complexity index is 355. The molecule has 0 aliphatic heterocycles. The number of rotatable bonds is 5. The molecule has 6 heteroatoms. The van der Waals surface area contributed by atoms with Crippen LogP contribution in [0.5, 0.6) is 0 Å². The zero-order chi connectivity index (χ0) is 10.6. The van der Waals surface area contributed by atoms with Crippen LogP contribution in [-0.2, 0) is 14.3 Å². The van der Waals surface area contributed by atoms with E-state index in [1.165, 1.54) is 11.3 Å². The van der Waals surface area contributed by atoms with Crippen molar-refractivity contribution in [3.05, 3.63) is 22.4 Å². The van der Waals surface area contributed by atoms with E-state index in [-0.39, 0.29) is 13.0 Å². The maximum atomic E-state index is 10.6. The van der Waals surface area contributed by atoms with E-state index in [4.69, 9.17) is 0 Å². The molecule has 1 rings (SSSR count). The van der Waals surface area contributed by atoms with Gasteiger partial charge in [0.05, 0.1) is 19.0 Å². The van der Waals surface area contributed by atoms with Crippen molar-refractivity contribution in [2.24, 2.45) is 0 Å². The highest BCUT2D eigenvalue weighted by atomic mass is 32.2. The molecule has 0 bridgehead atoms. The first-order valence-electron chi connectivity index (χ1n) is 4.05. The third-order valence-corrected chi connectivity index (χ3v) is 3.13. The molecule has 1 aromatic heterocycles. The molecule has 0 aliphatic carbocycles. The van der Waals surface area contributed by atoms with Gasteiger partial charge >= 0.3 is 0 Å². The first kappa shape index (κ1) is 11.6. The minimum Gasteiger partial charge on any atom is -0.387 e. The minimum absolute atomic E-state index is 0.0118. The van der Waals surface area contributed by atoms with E-state index in [0.717, 1.165) is 11.1 Å². The first-order chi connectivity index (χ1) is 6.49. The van der Waals surface area contributed by atoms with Crippen LogP contribution in [0.1, 0.15) is 17.4 Å².